The van der Waals surface area contributed by atoms with Crippen LogP contribution in [0, 0.1) is 0 Å². The third kappa shape index (κ3) is 4.52. The van der Waals surface area contributed by atoms with Crippen LogP contribution in [0.1, 0.15) is 62.8 Å². The molecule has 3 aliphatic carbocycles. The van der Waals surface area contributed by atoms with Crippen LogP contribution in [-0.4, -0.2) is 4.57 Å². The standard InChI is InChI=1S/C54H42N2S/c1-53(2)44-17-9-5-13-37(44)39-27-25-35(31-46(39)53)55(36-26-28-40-38-14-6-10-18-45(38)54(3,4)47(40)32-36)33-21-23-34(24-22-33)56-48-19-11-7-16-43(48)51-49(56)30-29-42-41-15-8-12-20-50(41)57-52(42)51/h5-21,23,25-32H,22,24H2,1-4H3. The number of fused-ring (bicyclic) bond motifs is 13. The third-order valence-electron chi connectivity index (χ3n) is 13.5. The monoisotopic (exact) mass is 750 g/mol. The quantitative estimate of drug-likeness (QED) is 0.174. The summed E-state index contributed by atoms with van der Waals surface area (Å²) in [4.78, 5) is 2.55. The molecule has 0 unspecified atom stereocenters. The Kier molecular flexibility index (Phi) is 6.77. The zero-order chi connectivity index (χ0) is 38.2. The summed E-state index contributed by atoms with van der Waals surface area (Å²) in [5.74, 6) is 0. The maximum Gasteiger partial charge on any atom is 0.0552 e. The first-order valence-corrected chi connectivity index (χ1v) is 21.1. The molecule has 0 fully saturated rings. The molecule has 2 aromatic heterocycles. The van der Waals surface area contributed by atoms with Crippen LogP contribution in [0.3, 0.4) is 0 Å². The highest BCUT2D eigenvalue weighted by Gasteiger charge is 2.38. The van der Waals surface area contributed by atoms with Gasteiger partial charge >= 0.3 is 0 Å². The van der Waals surface area contributed by atoms with Crippen LogP contribution in [0.25, 0.3) is 69.9 Å². The molecule has 0 bridgehead atoms. The lowest BCUT2D eigenvalue weighted by atomic mass is 9.82. The fraction of sp³-hybridized carbons (Fsp3) is 0.148. The lowest BCUT2D eigenvalue weighted by Gasteiger charge is -2.32. The smallest absolute Gasteiger partial charge is 0.0552 e. The fourth-order valence-corrected chi connectivity index (χ4v) is 11.9. The van der Waals surface area contributed by atoms with E-state index in [0.29, 0.717) is 0 Å². The molecule has 3 aliphatic rings. The van der Waals surface area contributed by atoms with E-state index in [2.05, 4.69) is 195 Å². The Bertz CT molecular complexity index is 3150. The van der Waals surface area contributed by atoms with Crippen LogP contribution in [-0.2, 0) is 10.8 Å². The highest BCUT2D eigenvalue weighted by atomic mass is 32.1. The van der Waals surface area contributed by atoms with Crippen molar-refractivity contribution in [3.8, 4) is 22.3 Å². The van der Waals surface area contributed by atoms with Crippen molar-refractivity contribution in [3.63, 3.8) is 0 Å². The fourth-order valence-electron chi connectivity index (χ4n) is 10.7. The number of nitrogens with zero attached hydrogens (tertiary/aromatic N) is 2. The lowest BCUT2D eigenvalue weighted by molar-refractivity contribution is 0.659. The van der Waals surface area contributed by atoms with Gasteiger partial charge in [0.25, 0.3) is 0 Å². The zero-order valence-corrected chi connectivity index (χ0v) is 33.5. The predicted molar refractivity (Wildman–Crippen MR) is 244 cm³/mol. The second-order valence-corrected chi connectivity index (χ2v) is 18.3. The van der Waals surface area contributed by atoms with Gasteiger partial charge in [0.1, 0.15) is 0 Å². The minimum Gasteiger partial charge on any atom is -0.314 e. The summed E-state index contributed by atoms with van der Waals surface area (Å²) >= 11 is 1.92. The zero-order valence-electron chi connectivity index (χ0n) is 32.7. The van der Waals surface area contributed by atoms with Gasteiger partial charge in [0.2, 0.25) is 0 Å². The Balaban J connectivity index is 1.03. The summed E-state index contributed by atoms with van der Waals surface area (Å²) in [6.45, 7) is 9.53. The third-order valence-corrected chi connectivity index (χ3v) is 14.7. The highest BCUT2D eigenvalue weighted by Crippen LogP contribution is 2.53. The summed E-state index contributed by atoms with van der Waals surface area (Å²) < 4.78 is 5.26. The maximum atomic E-state index is 2.55. The SMILES string of the molecule is CC1(C)c2ccccc2-c2ccc(N(C3=CC=C(n4c5ccccc5c5c6sc7ccccc7c6ccc54)CC3)c3ccc4c(c3)C(C)(C)c3ccccc3-4)cc21. The average molecular weight is 751 g/mol. The number of hydrogen-bond acceptors (Lipinski definition) is 2. The summed E-state index contributed by atoms with van der Waals surface area (Å²) in [5.41, 5.74) is 18.5. The summed E-state index contributed by atoms with van der Waals surface area (Å²) in [7, 11) is 0. The number of aromatic nitrogens is 1. The van der Waals surface area contributed by atoms with Gasteiger partial charge < -0.3 is 9.47 Å². The molecule has 0 aliphatic heterocycles. The predicted octanol–water partition coefficient (Wildman–Crippen LogP) is 15.1. The molecule has 0 N–H and O–H groups in total. The van der Waals surface area contributed by atoms with E-state index in [1.165, 1.54) is 109 Å². The van der Waals surface area contributed by atoms with Crippen LogP contribution in [0.5, 0.6) is 0 Å². The van der Waals surface area contributed by atoms with Gasteiger partial charge in [-0.3, -0.25) is 0 Å². The van der Waals surface area contributed by atoms with Crippen molar-refractivity contribution in [1.29, 1.82) is 0 Å². The lowest BCUT2D eigenvalue weighted by Crippen LogP contribution is -2.21. The molecule has 0 radical (unpaired) electrons. The van der Waals surface area contributed by atoms with Crippen molar-refractivity contribution in [2.45, 2.75) is 51.4 Å². The van der Waals surface area contributed by atoms with Gasteiger partial charge in [0, 0.05) is 64.5 Å². The molecular weight excluding hydrogens is 709 g/mol. The van der Waals surface area contributed by atoms with Gasteiger partial charge in [-0.2, -0.15) is 0 Å². The first-order valence-electron chi connectivity index (χ1n) is 20.3. The summed E-state index contributed by atoms with van der Waals surface area (Å²) in [6, 6.07) is 54.9. The van der Waals surface area contributed by atoms with Gasteiger partial charge in [-0.15, -0.1) is 11.3 Å². The molecule has 0 atom stereocenters. The second-order valence-electron chi connectivity index (χ2n) is 17.2. The van der Waals surface area contributed by atoms with E-state index in [1.54, 1.807) is 0 Å². The molecule has 2 heterocycles. The largest absolute Gasteiger partial charge is 0.314 e. The van der Waals surface area contributed by atoms with Gasteiger partial charge in [-0.1, -0.05) is 131 Å². The van der Waals surface area contributed by atoms with E-state index < -0.39 is 0 Å². The Morgan fingerprint density at radius 2 is 1.07 bits per heavy atom. The number of rotatable bonds is 4. The van der Waals surface area contributed by atoms with Crippen LogP contribution in [0.4, 0.5) is 11.4 Å². The second kappa shape index (κ2) is 11.7. The summed E-state index contributed by atoms with van der Waals surface area (Å²) in [5, 5.41) is 5.39. The number of thiophene rings is 1. The molecule has 0 spiro atoms. The maximum absolute atomic E-state index is 2.55. The van der Waals surface area contributed by atoms with Crippen LogP contribution in [0.15, 0.2) is 163 Å². The van der Waals surface area contributed by atoms with Gasteiger partial charge in [-0.25, -0.2) is 0 Å². The van der Waals surface area contributed by atoms with Crippen LogP contribution in [0.2, 0.25) is 0 Å². The molecule has 3 heteroatoms. The number of benzene rings is 7. The van der Waals surface area contributed by atoms with Crippen molar-refractivity contribution in [2.24, 2.45) is 0 Å². The molecule has 0 amide bonds. The van der Waals surface area contributed by atoms with E-state index in [0.717, 1.165) is 12.8 Å². The van der Waals surface area contributed by atoms with E-state index in [-0.39, 0.29) is 10.8 Å². The molecule has 0 saturated heterocycles. The average Bonchev–Trinajstić information content (AvgIpc) is 3.92. The number of para-hydroxylation sites is 1. The Labute approximate surface area is 337 Å². The molecule has 0 saturated carbocycles. The molecule has 12 rings (SSSR count). The first-order chi connectivity index (χ1) is 27.8. The normalized spacial score (nSPS) is 16.1. The molecule has 274 valence electrons. The molecule has 9 aromatic rings. The Morgan fingerprint density at radius 1 is 0.491 bits per heavy atom. The summed E-state index contributed by atoms with van der Waals surface area (Å²) in [6.07, 6.45) is 6.65. The van der Waals surface area contributed by atoms with Crippen molar-refractivity contribution < 1.29 is 0 Å². The van der Waals surface area contributed by atoms with E-state index in [9.17, 15) is 0 Å². The minimum atomic E-state index is -0.0838. The van der Waals surface area contributed by atoms with E-state index >= 15 is 0 Å². The Hall–Kier alpha value is -6.16. The van der Waals surface area contributed by atoms with Crippen molar-refractivity contribution >= 4 is 70.4 Å². The topological polar surface area (TPSA) is 8.17 Å². The number of allylic oxidation sites excluding steroid dienone is 4. The first kappa shape index (κ1) is 33.0. The van der Waals surface area contributed by atoms with Crippen LogP contribution < -0.4 is 4.90 Å². The van der Waals surface area contributed by atoms with Gasteiger partial charge in [-0.05, 0) is 112 Å². The van der Waals surface area contributed by atoms with Crippen LogP contribution >= 0.6 is 11.3 Å². The van der Waals surface area contributed by atoms with Crippen molar-refractivity contribution in [2.75, 3.05) is 4.90 Å². The minimum absolute atomic E-state index is 0.0838. The van der Waals surface area contributed by atoms with E-state index in [1.807, 2.05) is 11.3 Å². The van der Waals surface area contributed by atoms with Gasteiger partial charge in [0.15, 0.2) is 0 Å². The van der Waals surface area contributed by atoms with Crippen molar-refractivity contribution in [1.82, 2.24) is 4.57 Å². The van der Waals surface area contributed by atoms with E-state index in [4.69, 9.17) is 0 Å². The molecular formula is C54H42N2S. The van der Waals surface area contributed by atoms with Crippen molar-refractivity contribution in [3.05, 3.63) is 186 Å². The molecule has 57 heavy (non-hydrogen) atoms. The molecule has 2 nitrogen and oxygen atoms in total. The highest BCUT2D eigenvalue weighted by molar-refractivity contribution is 7.26. The van der Waals surface area contributed by atoms with Gasteiger partial charge in [0.05, 0.1) is 11.0 Å². The molecule has 7 aromatic carbocycles. The number of hydrogen-bond donors (Lipinski definition) is 0. The Morgan fingerprint density at radius 3 is 1.72 bits per heavy atom. The number of anilines is 2.